The molecular weight excluding hydrogens is 330 g/mol. The quantitative estimate of drug-likeness (QED) is 0.578. The van der Waals surface area contributed by atoms with Crippen molar-refractivity contribution in [1.82, 2.24) is 9.97 Å². The van der Waals surface area contributed by atoms with Crippen LogP contribution in [0.2, 0.25) is 0 Å². The molecule has 8 heteroatoms. The van der Waals surface area contributed by atoms with Gasteiger partial charge in [-0.25, -0.2) is 9.59 Å². The molecule has 0 saturated heterocycles. The zero-order valence-corrected chi connectivity index (χ0v) is 13.7. The Morgan fingerprint density at radius 3 is 2.88 bits per heavy atom. The number of hydrogen-bond acceptors (Lipinski definition) is 6. The minimum Gasteiger partial charge on any atom is -0.458 e. The molecule has 0 fully saturated rings. The van der Waals surface area contributed by atoms with Gasteiger partial charge in [0.05, 0.1) is 17.1 Å². The van der Waals surface area contributed by atoms with Gasteiger partial charge in [-0.3, -0.25) is 14.8 Å². The molecule has 1 aliphatic rings. The maximum atomic E-state index is 12.5. The highest BCUT2D eigenvalue weighted by Gasteiger charge is 2.36. The number of nitrogens with one attached hydrogen (secondary N) is 3. The van der Waals surface area contributed by atoms with Crippen LogP contribution in [0, 0.1) is 0 Å². The number of aromatic nitrogens is 2. The minimum absolute atomic E-state index is 0.0710. The summed E-state index contributed by atoms with van der Waals surface area (Å²) in [5.74, 6) is -0.853. The van der Waals surface area contributed by atoms with E-state index in [0.717, 1.165) is 4.88 Å². The van der Waals surface area contributed by atoms with E-state index in [1.807, 2.05) is 17.5 Å². The highest BCUT2D eigenvalue weighted by molar-refractivity contribution is 7.10. The van der Waals surface area contributed by atoms with Gasteiger partial charge in [-0.15, -0.1) is 11.3 Å². The zero-order valence-electron chi connectivity index (χ0n) is 12.8. The van der Waals surface area contributed by atoms with E-state index in [9.17, 15) is 14.4 Å². The van der Waals surface area contributed by atoms with Gasteiger partial charge in [-0.1, -0.05) is 18.7 Å². The van der Waals surface area contributed by atoms with E-state index in [-0.39, 0.29) is 12.2 Å². The first-order valence-corrected chi connectivity index (χ1v) is 8.06. The molecule has 3 rings (SSSR count). The Morgan fingerprint density at radius 2 is 2.21 bits per heavy atom. The minimum atomic E-state index is -0.612. The fraction of sp³-hybridized carbons (Fsp3) is 0.188. The maximum absolute atomic E-state index is 12.5. The number of carbonyl (C=O) groups excluding carboxylic acids is 1. The van der Waals surface area contributed by atoms with Crippen LogP contribution in [0.3, 0.4) is 0 Å². The van der Waals surface area contributed by atoms with Crippen LogP contribution >= 0.6 is 11.3 Å². The Morgan fingerprint density at radius 1 is 1.42 bits per heavy atom. The topological polar surface area (TPSA) is 104 Å². The lowest BCUT2D eigenvalue weighted by Gasteiger charge is -2.27. The molecule has 0 aromatic carbocycles. The van der Waals surface area contributed by atoms with E-state index < -0.39 is 23.1 Å². The second kappa shape index (κ2) is 6.32. The molecule has 1 aliphatic heterocycles. The average Bonchev–Trinajstić information content (AvgIpc) is 3.05. The summed E-state index contributed by atoms with van der Waals surface area (Å²) in [7, 11) is 0. The van der Waals surface area contributed by atoms with Gasteiger partial charge in [-0.2, -0.15) is 0 Å². The first kappa shape index (κ1) is 16.0. The Bertz CT molecular complexity index is 937. The van der Waals surface area contributed by atoms with Gasteiger partial charge in [0.15, 0.2) is 0 Å². The molecule has 0 spiro atoms. The van der Waals surface area contributed by atoms with Crippen LogP contribution in [0.25, 0.3) is 0 Å². The van der Waals surface area contributed by atoms with E-state index in [2.05, 4.69) is 21.9 Å². The fourth-order valence-electron chi connectivity index (χ4n) is 2.71. The number of anilines is 1. The molecule has 0 unspecified atom stereocenters. The van der Waals surface area contributed by atoms with Gasteiger partial charge in [0, 0.05) is 10.6 Å². The molecular formula is C16H15N3O4S. The predicted octanol–water partition coefficient (Wildman–Crippen LogP) is 1.69. The van der Waals surface area contributed by atoms with Crippen molar-refractivity contribution in [2.45, 2.75) is 12.8 Å². The summed E-state index contributed by atoms with van der Waals surface area (Å²) < 4.78 is 5.17. The molecule has 124 valence electrons. The standard InChI is InChI=1S/C16H15N3O4S/c1-3-6-23-15(21)10-8(2)17-13-12(14(20)19-16(22)18-13)11(10)9-5-4-7-24-9/h3-5,7,11H,1,6H2,2H3,(H3,17,18,19,20,22)/t11-/m1/s1. The summed E-state index contributed by atoms with van der Waals surface area (Å²) in [6, 6.07) is 3.67. The third-order valence-corrected chi connectivity index (χ3v) is 4.59. The molecule has 2 aromatic heterocycles. The molecule has 0 aliphatic carbocycles. The van der Waals surface area contributed by atoms with Crippen molar-refractivity contribution in [2.75, 3.05) is 11.9 Å². The van der Waals surface area contributed by atoms with E-state index in [1.165, 1.54) is 17.4 Å². The van der Waals surface area contributed by atoms with E-state index in [0.29, 0.717) is 17.1 Å². The highest BCUT2D eigenvalue weighted by atomic mass is 32.1. The molecule has 1 atom stereocenters. The summed E-state index contributed by atoms with van der Waals surface area (Å²) in [5, 5.41) is 4.78. The van der Waals surface area contributed by atoms with E-state index in [1.54, 1.807) is 6.92 Å². The first-order chi connectivity index (χ1) is 11.5. The van der Waals surface area contributed by atoms with Gasteiger partial charge in [0.25, 0.3) is 5.56 Å². The van der Waals surface area contributed by atoms with E-state index in [4.69, 9.17) is 4.74 Å². The molecule has 3 heterocycles. The number of esters is 1. The summed E-state index contributed by atoms with van der Waals surface area (Å²) in [6.45, 7) is 5.30. The average molecular weight is 345 g/mol. The maximum Gasteiger partial charge on any atom is 0.337 e. The molecule has 0 saturated carbocycles. The molecule has 3 N–H and O–H groups in total. The van der Waals surface area contributed by atoms with Crippen LogP contribution in [-0.4, -0.2) is 22.5 Å². The third kappa shape index (κ3) is 2.71. The van der Waals surface area contributed by atoms with Crippen LogP contribution in [0.4, 0.5) is 5.82 Å². The van der Waals surface area contributed by atoms with Crippen molar-refractivity contribution in [1.29, 1.82) is 0 Å². The predicted molar refractivity (Wildman–Crippen MR) is 91.3 cm³/mol. The summed E-state index contributed by atoms with van der Waals surface area (Å²) in [4.78, 5) is 42.0. The number of thiophene rings is 1. The van der Waals surface area contributed by atoms with Crippen molar-refractivity contribution in [3.05, 3.63) is 72.7 Å². The second-order valence-corrected chi connectivity index (χ2v) is 6.18. The van der Waals surface area contributed by atoms with Crippen molar-refractivity contribution in [3.8, 4) is 0 Å². The Kier molecular flexibility index (Phi) is 4.22. The molecule has 0 radical (unpaired) electrons. The molecule has 7 nitrogen and oxygen atoms in total. The normalized spacial score (nSPS) is 16.3. The second-order valence-electron chi connectivity index (χ2n) is 5.20. The lowest BCUT2D eigenvalue weighted by molar-refractivity contribution is -0.138. The smallest absolute Gasteiger partial charge is 0.337 e. The summed E-state index contributed by atoms with van der Waals surface area (Å²) in [5.41, 5.74) is -0.00315. The van der Waals surface area contributed by atoms with Crippen molar-refractivity contribution in [2.24, 2.45) is 0 Å². The number of H-pyrrole nitrogens is 2. The number of fused-ring (bicyclic) bond motifs is 1. The largest absolute Gasteiger partial charge is 0.458 e. The van der Waals surface area contributed by atoms with Crippen molar-refractivity contribution >= 4 is 23.1 Å². The monoisotopic (exact) mass is 345 g/mol. The number of allylic oxidation sites excluding steroid dienone is 1. The van der Waals surface area contributed by atoms with E-state index >= 15 is 0 Å². The van der Waals surface area contributed by atoms with Gasteiger partial charge in [-0.05, 0) is 18.4 Å². The summed E-state index contributed by atoms with van der Waals surface area (Å²) in [6.07, 6.45) is 1.47. The number of aromatic amines is 2. The van der Waals surface area contributed by atoms with Gasteiger partial charge in [0.1, 0.15) is 12.4 Å². The van der Waals surface area contributed by atoms with Crippen LogP contribution in [0.5, 0.6) is 0 Å². The number of rotatable bonds is 4. The lowest BCUT2D eigenvalue weighted by atomic mass is 9.86. The van der Waals surface area contributed by atoms with Crippen LogP contribution in [0.15, 0.2) is 51.0 Å². The Labute approximate surface area is 140 Å². The number of hydrogen-bond donors (Lipinski definition) is 3. The van der Waals surface area contributed by atoms with Gasteiger partial charge in [0.2, 0.25) is 0 Å². The van der Waals surface area contributed by atoms with Crippen LogP contribution < -0.4 is 16.6 Å². The third-order valence-electron chi connectivity index (χ3n) is 3.65. The fourth-order valence-corrected chi connectivity index (χ4v) is 3.55. The highest BCUT2D eigenvalue weighted by Crippen LogP contribution is 2.40. The Balaban J connectivity index is 2.21. The lowest BCUT2D eigenvalue weighted by Crippen LogP contribution is -2.34. The van der Waals surface area contributed by atoms with Crippen LogP contribution in [-0.2, 0) is 9.53 Å². The SMILES string of the molecule is C=CCOC(=O)C1=C(C)Nc2[nH]c(=O)[nH]c(=O)c2[C@@H]1c1cccs1. The van der Waals surface area contributed by atoms with Crippen LogP contribution in [0.1, 0.15) is 23.3 Å². The zero-order chi connectivity index (χ0) is 17.3. The molecule has 0 amide bonds. The number of ether oxygens (including phenoxy) is 1. The summed E-state index contributed by atoms with van der Waals surface area (Å²) >= 11 is 1.42. The van der Waals surface area contributed by atoms with Crippen molar-refractivity contribution in [3.63, 3.8) is 0 Å². The van der Waals surface area contributed by atoms with Crippen molar-refractivity contribution < 1.29 is 9.53 Å². The molecule has 24 heavy (non-hydrogen) atoms. The Hall–Kier alpha value is -2.87. The molecule has 0 bridgehead atoms. The van der Waals surface area contributed by atoms with Gasteiger partial charge >= 0.3 is 11.7 Å². The van der Waals surface area contributed by atoms with Gasteiger partial charge < -0.3 is 10.1 Å². The number of carbonyl (C=O) groups is 1. The molecule has 2 aromatic rings. The first-order valence-electron chi connectivity index (χ1n) is 7.18.